The Morgan fingerprint density at radius 1 is 1.35 bits per heavy atom. The monoisotopic (exact) mass is 300 g/mol. The number of hydrogen-bond donors (Lipinski definition) is 1. The van der Waals surface area contributed by atoms with E-state index in [1.54, 1.807) is 14.2 Å². The lowest BCUT2D eigenvalue weighted by Crippen LogP contribution is -2.03. The summed E-state index contributed by atoms with van der Waals surface area (Å²) in [7, 11) is 3.21. The maximum absolute atomic E-state index is 10.2. The molecule has 2 rings (SSSR count). The third-order valence-electron chi connectivity index (χ3n) is 3.13. The first-order chi connectivity index (χ1) is 8.17. The maximum Gasteiger partial charge on any atom is 0.142 e. The van der Waals surface area contributed by atoms with Crippen LogP contribution in [0.25, 0.3) is 0 Å². The molecule has 1 unspecified atom stereocenters. The van der Waals surface area contributed by atoms with Crippen LogP contribution >= 0.6 is 15.9 Å². The fourth-order valence-electron chi connectivity index (χ4n) is 1.98. The van der Waals surface area contributed by atoms with Gasteiger partial charge in [-0.1, -0.05) is 12.8 Å². The van der Waals surface area contributed by atoms with E-state index in [1.165, 1.54) is 12.8 Å². The third-order valence-corrected chi connectivity index (χ3v) is 3.88. The van der Waals surface area contributed by atoms with Gasteiger partial charge in [0.25, 0.3) is 0 Å². The summed E-state index contributed by atoms with van der Waals surface area (Å²) in [5, 5.41) is 10.2. The van der Waals surface area contributed by atoms with E-state index in [0.29, 0.717) is 17.4 Å². The van der Waals surface area contributed by atoms with E-state index >= 15 is 0 Å². The van der Waals surface area contributed by atoms with Crippen LogP contribution in [-0.4, -0.2) is 19.3 Å². The lowest BCUT2D eigenvalue weighted by Gasteiger charge is -2.17. The second kappa shape index (κ2) is 5.27. The summed E-state index contributed by atoms with van der Waals surface area (Å²) in [6.45, 7) is 0. The molecule has 1 aromatic carbocycles. The quantitative estimate of drug-likeness (QED) is 0.907. The second-order valence-corrected chi connectivity index (χ2v) is 5.19. The molecular weight excluding hydrogens is 284 g/mol. The minimum Gasteiger partial charge on any atom is -0.495 e. The summed E-state index contributed by atoms with van der Waals surface area (Å²) in [4.78, 5) is 0. The van der Waals surface area contributed by atoms with Crippen LogP contribution in [0.4, 0.5) is 0 Å². The van der Waals surface area contributed by atoms with Gasteiger partial charge in [-0.05, 0) is 40.4 Å². The number of aliphatic hydroxyl groups excluding tert-OH is 1. The van der Waals surface area contributed by atoms with Gasteiger partial charge < -0.3 is 14.6 Å². The highest BCUT2D eigenvalue weighted by atomic mass is 79.9. The molecule has 0 aromatic heterocycles. The fourth-order valence-corrected chi connectivity index (χ4v) is 2.66. The second-order valence-electron chi connectivity index (χ2n) is 4.40. The van der Waals surface area contributed by atoms with Crippen molar-refractivity contribution in [2.75, 3.05) is 14.2 Å². The molecule has 1 N–H and O–H groups in total. The van der Waals surface area contributed by atoms with Crippen molar-refractivity contribution in [2.45, 2.75) is 25.4 Å². The minimum absolute atomic E-state index is 0.459. The van der Waals surface area contributed by atoms with Crippen LogP contribution in [0.3, 0.4) is 0 Å². The molecule has 17 heavy (non-hydrogen) atoms. The van der Waals surface area contributed by atoms with Gasteiger partial charge in [-0.3, -0.25) is 0 Å². The SMILES string of the molecule is COc1ccc(C(O)CC2CC2)c(OC)c1Br. The van der Waals surface area contributed by atoms with Gasteiger partial charge in [0.1, 0.15) is 16.0 Å². The molecule has 0 spiro atoms. The molecule has 1 aliphatic carbocycles. The van der Waals surface area contributed by atoms with Crippen LogP contribution in [0.1, 0.15) is 30.9 Å². The highest BCUT2D eigenvalue weighted by Crippen LogP contribution is 2.43. The summed E-state index contributed by atoms with van der Waals surface area (Å²) >= 11 is 3.44. The standard InChI is InChI=1S/C13H17BrO3/c1-16-11-6-5-9(13(17-2)12(11)14)10(15)7-8-3-4-8/h5-6,8,10,15H,3-4,7H2,1-2H3. The first-order valence-corrected chi connectivity index (χ1v) is 6.55. The Kier molecular flexibility index (Phi) is 3.94. The lowest BCUT2D eigenvalue weighted by atomic mass is 10.0. The average Bonchev–Trinajstić information content (AvgIpc) is 3.12. The highest BCUT2D eigenvalue weighted by Gasteiger charge is 2.27. The normalized spacial score (nSPS) is 16.7. The van der Waals surface area contributed by atoms with Crippen molar-refractivity contribution in [3.8, 4) is 11.5 Å². The van der Waals surface area contributed by atoms with Crippen LogP contribution in [-0.2, 0) is 0 Å². The van der Waals surface area contributed by atoms with Gasteiger partial charge in [0, 0.05) is 5.56 Å². The number of aliphatic hydroxyl groups is 1. The molecule has 1 fully saturated rings. The van der Waals surface area contributed by atoms with E-state index in [4.69, 9.17) is 9.47 Å². The van der Waals surface area contributed by atoms with E-state index in [2.05, 4.69) is 15.9 Å². The van der Waals surface area contributed by atoms with Gasteiger partial charge in [0.15, 0.2) is 0 Å². The van der Waals surface area contributed by atoms with Crippen LogP contribution < -0.4 is 9.47 Å². The first-order valence-electron chi connectivity index (χ1n) is 5.75. The molecule has 0 radical (unpaired) electrons. The number of methoxy groups -OCH3 is 2. The van der Waals surface area contributed by atoms with Crippen LogP contribution in [0.2, 0.25) is 0 Å². The summed E-state index contributed by atoms with van der Waals surface area (Å²) < 4.78 is 11.3. The van der Waals surface area contributed by atoms with Crippen molar-refractivity contribution < 1.29 is 14.6 Å². The first kappa shape index (κ1) is 12.7. The molecule has 0 aliphatic heterocycles. The van der Waals surface area contributed by atoms with E-state index in [-0.39, 0.29) is 0 Å². The van der Waals surface area contributed by atoms with Crippen molar-refractivity contribution in [1.29, 1.82) is 0 Å². The van der Waals surface area contributed by atoms with Crippen molar-refractivity contribution in [3.63, 3.8) is 0 Å². The Balaban J connectivity index is 2.28. The molecule has 0 heterocycles. The molecule has 1 saturated carbocycles. The van der Waals surface area contributed by atoms with Gasteiger partial charge in [-0.15, -0.1) is 0 Å². The van der Waals surface area contributed by atoms with Gasteiger partial charge >= 0.3 is 0 Å². The fraction of sp³-hybridized carbons (Fsp3) is 0.538. The molecule has 0 amide bonds. The molecule has 0 saturated heterocycles. The van der Waals surface area contributed by atoms with Crippen molar-refractivity contribution >= 4 is 15.9 Å². The number of ether oxygens (including phenoxy) is 2. The van der Waals surface area contributed by atoms with E-state index in [1.807, 2.05) is 12.1 Å². The lowest BCUT2D eigenvalue weighted by molar-refractivity contribution is 0.156. The van der Waals surface area contributed by atoms with Crippen molar-refractivity contribution in [2.24, 2.45) is 5.92 Å². The molecule has 3 nitrogen and oxygen atoms in total. The Bertz CT molecular complexity index is 402. The zero-order valence-corrected chi connectivity index (χ0v) is 11.7. The van der Waals surface area contributed by atoms with Crippen LogP contribution in [0, 0.1) is 5.92 Å². The Hall–Kier alpha value is -0.740. The number of rotatable bonds is 5. The number of halogens is 1. The zero-order chi connectivity index (χ0) is 12.4. The van der Waals surface area contributed by atoms with Gasteiger partial charge in [-0.25, -0.2) is 0 Å². The molecule has 1 aromatic rings. The molecule has 0 bridgehead atoms. The molecule has 94 valence electrons. The number of hydrogen-bond acceptors (Lipinski definition) is 3. The minimum atomic E-state index is -0.459. The van der Waals surface area contributed by atoms with Crippen LogP contribution in [0.15, 0.2) is 16.6 Å². The maximum atomic E-state index is 10.2. The molecule has 1 atom stereocenters. The predicted molar refractivity (Wildman–Crippen MR) is 69.5 cm³/mol. The van der Waals surface area contributed by atoms with Crippen LogP contribution in [0.5, 0.6) is 11.5 Å². The summed E-state index contributed by atoms with van der Waals surface area (Å²) in [5.74, 6) is 2.05. The Labute approximate surface area is 110 Å². The van der Waals surface area contributed by atoms with E-state index in [9.17, 15) is 5.11 Å². The number of benzene rings is 1. The molecule has 1 aliphatic rings. The van der Waals surface area contributed by atoms with Crippen molar-refractivity contribution in [3.05, 3.63) is 22.2 Å². The predicted octanol–water partition coefficient (Wildman–Crippen LogP) is 3.30. The van der Waals surface area contributed by atoms with Gasteiger partial charge in [0.2, 0.25) is 0 Å². The van der Waals surface area contributed by atoms with E-state index < -0.39 is 6.10 Å². The van der Waals surface area contributed by atoms with Gasteiger partial charge in [-0.2, -0.15) is 0 Å². The average molecular weight is 301 g/mol. The Morgan fingerprint density at radius 2 is 2.06 bits per heavy atom. The smallest absolute Gasteiger partial charge is 0.142 e. The van der Waals surface area contributed by atoms with E-state index in [0.717, 1.165) is 16.5 Å². The largest absolute Gasteiger partial charge is 0.495 e. The molecule has 4 heteroatoms. The van der Waals surface area contributed by atoms with Gasteiger partial charge in [0.05, 0.1) is 20.3 Å². The third kappa shape index (κ3) is 2.75. The topological polar surface area (TPSA) is 38.7 Å². The summed E-state index contributed by atoms with van der Waals surface area (Å²) in [6.07, 6.45) is 2.82. The Morgan fingerprint density at radius 3 is 2.59 bits per heavy atom. The summed E-state index contributed by atoms with van der Waals surface area (Å²) in [5.41, 5.74) is 0.826. The summed E-state index contributed by atoms with van der Waals surface area (Å²) in [6, 6.07) is 3.72. The van der Waals surface area contributed by atoms with Crippen molar-refractivity contribution in [1.82, 2.24) is 0 Å². The zero-order valence-electron chi connectivity index (χ0n) is 10.1. The highest BCUT2D eigenvalue weighted by molar-refractivity contribution is 9.10. The molecular formula is C13H17BrO3.